The summed E-state index contributed by atoms with van der Waals surface area (Å²) in [5, 5.41) is 0. The van der Waals surface area contributed by atoms with Crippen LogP contribution in [-0.4, -0.2) is 31.2 Å². The zero-order valence-corrected chi connectivity index (χ0v) is 10.3. The van der Waals surface area contributed by atoms with E-state index < -0.39 is 0 Å². The van der Waals surface area contributed by atoms with E-state index in [0.717, 1.165) is 19.6 Å². The topological polar surface area (TPSA) is 12.5 Å². The Bertz CT molecular complexity index is 312. The van der Waals surface area contributed by atoms with Crippen molar-refractivity contribution in [3.63, 3.8) is 0 Å². The molecule has 1 saturated heterocycles. The summed E-state index contributed by atoms with van der Waals surface area (Å²) < 4.78 is 5.38. The van der Waals surface area contributed by atoms with E-state index in [-0.39, 0.29) is 0 Å². The smallest absolute Gasteiger partial charge is 0.0595 e. The third-order valence-corrected chi connectivity index (χ3v) is 3.39. The third kappa shape index (κ3) is 3.06. The highest BCUT2D eigenvalue weighted by molar-refractivity contribution is 5.21. The van der Waals surface area contributed by atoms with Gasteiger partial charge in [-0.2, -0.15) is 0 Å². The SMILES string of the molecule is COC1CCN(Cc2ccc(C)cc2)CC1. The van der Waals surface area contributed by atoms with Gasteiger partial charge in [-0.1, -0.05) is 29.8 Å². The first-order valence-corrected chi connectivity index (χ1v) is 6.08. The normalized spacial score (nSPS) is 18.9. The van der Waals surface area contributed by atoms with E-state index in [9.17, 15) is 0 Å². The molecule has 1 aliphatic rings. The predicted molar refractivity (Wildman–Crippen MR) is 66.5 cm³/mol. The molecule has 0 bridgehead atoms. The van der Waals surface area contributed by atoms with Crippen molar-refractivity contribution >= 4 is 0 Å². The zero-order chi connectivity index (χ0) is 11.4. The number of ether oxygens (including phenoxy) is 1. The highest BCUT2D eigenvalue weighted by Gasteiger charge is 2.18. The van der Waals surface area contributed by atoms with Crippen LogP contribution in [0.4, 0.5) is 0 Å². The molecule has 2 nitrogen and oxygen atoms in total. The molecular formula is C14H21NO. The summed E-state index contributed by atoms with van der Waals surface area (Å²) in [6.45, 7) is 5.53. The van der Waals surface area contributed by atoms with Gasteiger partial charge in [-0.25, -0.2) is 0 Å². The maximum absolute atomic E-state index is 5.38. The fourth-order valence-corrected chi connectivity index (χ4v) is 2.25. The Labute approximate surface area is 98.2 Å². The molecule has 0 saturated carbocycles. The lowest BCUT2D eigenvalue weighted by molar-refractivity contribution is 0.0388. The van der Waals surface area contributed by atoms with Gasteiger partial charge in [-0.3, -0.25) is 4.90 Å². The van der Waals surface area contributed by atoms with Crippen LogP contribution in [0.15, 0.2) is 24.3 Å². The van der Waals surface area contributed by atoms with Gasteiger partial charge in [0.25, 0.3) is 0 Å². The largest absolute Gasteiger partial charge is 0.381 e. The summed E-state index contributed by atoms with van der Waals surface area (Å²) in [6, 6.07) is 8.85. The molecule has 0 N–H and O–H groups in total. The molecule has 0 atom stereocenters. The van der Waals surface area contributed by atoms with E-state index in [0.29, 0.717) is 6.10 Å². The molecular weight excluding hydrogens is 198 g/mol. The van der Waals surface area contributed by atoms with E-state index >= 15 is 0 Å². The highest BCUT2D eigenvalue weighted by Crippen LogP contribution is 2.15. The molecule has 88 valence electrons. The minimum absolute atomic E-state index is 0.481. The lowest BCUT2D eigenvalue weighted by Gasteiger charge is -2.31. The van der Waals surface area contributed by atoms with Crippen LogP contribution in [-0.2, 0) is 11.3 Å². The van der Waals surface area contributed by atoms with Crippen molar-refractivity contribution < 1.29 is 4.74 Å². The van der Waals surface area contributed by atoms with Gasteiger partial charge in [0.1, 0.15) is 0 Å². The Morgan fingerprint density at radius 1 is 1.19 bits per heavy atom. The second-order valence-electron chi connectivity index (χ2n) is 4.70. The maximum atomic E-state index is 5.38. The average molecular weight is 219 g/mol. The molecule has 0 aliphatic carbocycles. The van der Waals surface area contributed by atoms with Crippen LogP contribution in [0.25, 0.3) is 0 Å². The molecule has 0 unspecified atom stereocenters. The van der Waals surface area contributed by atoms with Crippen molar-refractivity contribution in [1.29, 1.82) is 0 Å². The number of piperidine rings is 1. The van der Waals surface area contributed by atoms with Crippen molar-refractivity contribution in [2.75, 3.05) is 20.2 Å². The summed E-state index contributed by atoms with van der Waals surface area (Å²) in [5.41, 5.74) is 2.75. The number of hydrogen-bond donors (Lipinski definition) is 0. The van der Waals surface area contributed by atoms with E-state index in [1.165, 1.54) is 24.0 Å². The number of hydrogen-bond acceptors (Lipinski definition) is 2. The lowest BCUT2D eigenvalue weighted by atomic mass is 10.1. The number of methoxy groups -OCH3 is 1. The fourth-order valence-electron chi connectivity index (χ4n) is 2.25. The van der Waals surface area contributed by atoms with Crippen molar-refractivity contribution in [3.05, 3.63) is 35.4 Å². The molecule has 0 amide bonds. The first-order chi connectivity index (χ1) is 7.78. The van der Waals surface area contributed by atoms with Crippen LogP contribution in [0.1, 0.15) is 24.0 Å². The summed E-state index contributed by atoms with van der Waals surface area (Å²) in [6.07, 6.45) is 2.82. The number of rotatable bonds is 3. The van der Waals surface area contributed by atoms with Gasteiger partial charge in [0, 0.05) is 26.7 Å². The van der Waals surface area contributed by atoms with Gasteiger partial charge in [0.15, 0.2) is 0 Å². The third-order valence-electron chi connectivity index (χ3n) is 3.39. The number of nitrogens with zero attached hydrogens (tertiary/aromatic N) is 1. The van der Waals surface area contributed by atoms with Gasteiger partial charge in [-0.15, -0.1) is 0 Å². The summed E-state index contributed by atoms with van der Waals surface area (Å²) in [7, 11) is 1.82. The summed E-state index contributed by atoms with van der Waals surface area (Å²) in [4.78, 5) is 2.51. The van der Waals surface area contributed by atoms with Gasteiger partial charge in [0.2, 0.25) is 0 Å². The predicted octanol–water partition coefficient (Wildman–Crippen LogP) is 2.61. The monoisotopic (exact) mass is 219 g/mol. The van der Waals surface area contributed by atoms with Crippen LogP contribution in [0.2, 0.25) is 0 Å². The molecule has 2 rings (SSSR count). The van der Waals surface area contributed by atoms with Crippen LogP contribution in [0.3, 0.4) is 0 Å². The quantitative estimate of drug-likeness (QED) is 0.775. The molecule has 2 heteroatoms. The second-order valence-corrected chi connectivity index (χ2v) is 4.70. The van der Waals surface area contributed by atoms with Gasteiger partial charge in [0.05, 0.1) is 6.10 Å². The molecule has 1 heterocycles. The maximum Gasteiger partial charge on any atom is 0.0595 e. The fraction of sp³-hybridized carbons (Fsp3) is 0.571. The first kappa shape index (κ1) is 11.6. The highest BCUT2D eigenvalue weighted by atomic mass is 16.5. The molecule has 1 fully saturated rings. The molecule has 0 radical (unpaired) electrons. The second kappa shape index (κ2) is 5.46. The van der Waals surface area contributed by atoms with Crippen molar-refractivity contribution in [2.45, 2.75) is 32.4 Å². The van der Waals surface area contributed by atoms with Crippen molar-refractivity contribution in [2.24, 2.45) is 0 Å². The minimum Gasteiger partial charge on any atom is -0.381 e. The summed E-state index contributed by atoms with van der Waals surface area (Å²) >= 11 is 0. The average Bonchev–Trinajstić information content (AvgIpc) is 2.33. The Kier molecular flexibility index (Phi) is 3.97. The molecule has 1 aromatic carbocycles. The van der Waals surface area contributed by atoms with Crippen molar-refractivity contribution in [3.8, 4) is 0 Å². The van der Waals surface area contributed by atoms with Crippen LogP contribution >= 0.6 is 0 Å². The Hall–Kier alpha value is -0.860. The van der Waals surface area contributed by atoms with Crippen LogP contribution < -0.4 is 0 Å². The number of benzene rings is 1. The van der Waals surface area contributed by atoms with Gasteiger partial charge in [-0.05, 0) is 25.3 Å². The van der Waals surface area contributed by atoms with E-state index in [1.54, 1.807) is 0 Å². The Morgan fingerprint density at radius 3 is 2.38 bits per heavy atom. The van der Waals surface area contributed by atoms with E-state index in [4.69, 9.17) is 4.74 Å². The van der Waals surface area contributed by atoms with Crippen LogP contribution in [0, 0.1) is 6.92 Å². The van der Waals surface area contributed by atoms with E-state index in [2.05, 4.69) is 36.1 Å². The first-order valence-electron chi connectivity index (χ1n) is 6.08. The number of aryl methyl sites for hydroxylation is 1. The Morgan fingerprint density at radius 2 is 1.81 bits per heavy atom. The van der Waals surface area contributed by atoms with Crippen molar-refractivity contribution in [1.82, 2.24) is 4.90 Å². The minimum atomic E-state index is 0.481. The Balaban J connectivity index is 1.84. The van der Waals surface area contributed by atoms with E-state index in [1.807, 2.05) is 7.11 Å². The molecule has 0 spiro atoms. The number of likely N-dealkylation sites (tertiary alicyclic amines) is 1. The van der Waals surface area contributed by atoms with Gasteiger partial charge < -0.3 is 4.74 Å². The summed E-state index contributed by atoms with van der Waals surface area (Å²) in [5.74, 6) is 0. The lowest BCUT2D eigenvalue weighted by Crippen LogP contribution is -2.36. The molecule has 0 aromatic heterocycles. The van der Waals surface area contributed by atoms with Gasteiger partial charge >= 0.3 is 0 Å². The standard InChI is InChI=1S/C14H21NO/c1-12-3-5-13(6-4-12)11-15-9-7-14(16-2)8-10-15/h3-6,14H,7-11H2,1-2H3. The van der Waals surface area contributed by atoms with Crippen LogP contribution in [0.5, 0.6) is 0 Å². The molecule has 16 heavy (non-hydrogen) atoms. The molecule has 1 aromatic rings. The molecule has 1 aliphatic heterocycles. The zero-order valence-electron chi connectivity index (χ0n) is 10.3.